The van der Waals surface area contributed by atoms with Crippen molar-refractivity contribution in [1.82, 2.24) is 53.2 Å². The van der Waals surface area contributed by atoms with E-state index in [4.69, 9.17) is 30.4 Å². The summed E-state index contributed by atoms with van der Waals surface area (Å²) in [5, 5.41) is 28.0. The fraction of sp³-hybridized carbons (Fsp3) is 0.681. The minimum Gasteiger partial charge on any atom is -0.870 e. The molecular formula is C91H135BrN15NaO14. The van der Waals surface area contributed by atoms with Crippen LogP contribution in [0.3, 0.4) is 0 Å². The van der Waals surface area contributed by atoms with Gasteiger partial charge in [-0.2, -0.15) is 0 Å². The molecule has 9 fully saturated rings. The fourth-order valence-corrected chi connectivity index (χ4v) is 21.9. The second-order valence-electron chi connectivity index (χ2n) is 34.6. The Morgan fingerprint density at radius 2 is 0.656 bits per heavy atom. The van der Waals surface area contributed by atoms with Gasteiger partial charge in [-0.05, 0) is 173 Å². The Bertz CT molecular complexity index is 4440. The van der Waals surface area contributed by atoms with Gasteiger partial charge in [-0.15, -0.1) is 0 Å². The number of hydrogen-bond donors (Lipinski definition) is 6. The Morgan fingerprint density at radius 3 is 0.918 bits per heavy atom. The summed E-state index contributed by atoms with van der Waals surface area (Å²) in [7, 11) is 0. The van der Waals surface area contributed by atoms with Gasteiger partial charge >= 0.3 is 59.4 Å². The number of aliphatic carboxylic acids is 2. The number of carbonyl (C=O) groups excluding carboxylic acids is 3. The number of nitrogens with two attached hydrogens (primary N) is 1. The Labute approximate surface area is 749 Å². The van der Waals surface area contributed by atoms with Gasteiger partial charge in [0.05, 0.1) is 79.1 Å². The summed E-state index contributed by atoms with van der Waals surface area (Å²) in [5.41, 5.74) is 10.5. The van der Waals surface area contributed by atoms with Crippen molar-refractivity contribution in [3.63, 3.8) is 0 Å². The van der Waals surface area contributed by atoms with Gasteiger partial charge in [0, 0.05) is 112 Å². The molecule has 9 aliphatic rings. The number of esters is 3. The summed E-state index contributed by atoms with van der Waals surface area (Å²) in [6.45, 7) is 7.55. The van der Waals surface area contributed by atoms with E-state index in [0.29, 0.717) is 98.1 Å². The molecule has 3 aliphatic carbocycles. The van der Waals surface area contributed by atoms with Crippen LogP contribution in [0.2, 0.25) is 0 Å². The van der Waals surface area contributed by atoms with Crippen LogP contribution < -0.4 is 67.9 Å². The van der Waals surface area contributed by atoms with Gasteiger partial charge in [0.15, 0.2) is 17.5 Å². The maximum absolute atomic E-state index is 14.0. The molecule has 122 heavy (non-hydrogen) atoms. The molecular weight excluding hydrogens is 1630 g/mol. The molecule has 8 N–H and O–H groups in total. The number of carboxylic acids is 2. The summed E-state index contributed by atoms with van der Waals surface area (Å²) < 4.78 is 20.7. The molecule has 29 nitrogen and oxygen atoms in total. The first-order chi connectivity index (χ1) is 58.4. The smallest absolute Gasteiger partial charge is 0.870 e. The SMILES string of the molecule is CCOC(=O)CBr.CCOC(=O)CN(CCNc1nc2ccccc2n(C2C[C@H]3CC[C@@H](C2)N3C2CCCCCCC2)c1=O)CC(=O)OCC.NCCNc1nc2ccccc2n(C2C[C@H]3CC[C@@H](C2)N3C2CCCCCCC2)c1=O.O=C(O)CN(CCNc1nc2ccccc2n(C2C[C@H]3CC[C@@H](C2)N3C2CCCCCCC2)c1=O)CC(=O)O.[Na+].[OH-]. The summed E-state index contributed by atoms with van der Waals surface area (Å²) >= 11 is 2.94. The minimum absolute atomic E-state index is 0. The second-order valence-corrected chi connectivity index (χ2v) is 35.1. The van der Waals surface area contributed by atoms with Crippen molar-refractivity contribution in [2.75, 3.05) is 107 Å². The molecule has 9 heterocycles. The average Bonchev–Trinajstić information content (AvgIpc) is 1.42. The van der Waals surface area contributed by atoms with E-state index in [1.165, 1.54) is 178 Å². The molecule has 0 amide bonds. The molecule has 6 bridgehead atoms. The molecule has 9 atom stereocenters. The van der Waals surface area contributed by atoms with Gasteiger partial charge in [0.1, 0.15) is 5.33 Å². The first-order valence-corrected chi connectivity index (χ1v) is 46.8. The van der Waals surface area contributed by atoms with Crippen LogP contribution in [0.15, 0.2) is 87.2 Å². The molecule has 3 aromatic carbocycles. The van der Waals surface area contributed by atoms with E-state index in [1.54, 1.807) is 25.7 Å². The van der Waals surface area contributed by atoms with E-state index >= 15 is 0 Å². The van der Waals surface area contributed by atoms with Crippen LogP contribution in [0, 0.1) is 0 Å². The molecule has 6 saturated heterocycles. The van der Waals surface area contributed by atoms with Crippen molar-refractivity contribution in [1.29, 1.82) is 0 Å². The molecule has 0 spiro atoms. The van der Waals surface area contributed by atoms with Gasteiger partial charge in [-0.3, -0.25) is 62.9 Å². The number of carboxylic acid groups (broad SMARTS) is 2. The quantitative estimate of drug-likeness (QED) is 0.0110. The number of halogens is 1. The molecule has 3 unspecified atom stereocenters. The summed E-state index contributed by atoms with van der Waals surface area (Å²) in [4.78, 5) is 124. The van der Waals surface area contributed by atoms with E-state index in [-0.39, 0.29) is 134 Å². The first kappa shape index (κ1) is 97.2. The molecule has 6 aromatic rings. The predicted octanol–water partition coefficient (Wildman–Crippen LogP) is 9.90. The third-order valence-corrected chi connectivity index (χ3v) is 27.0. The zero-order chi connectivity index (χ0) is 84.4. The zero-order valence-corrected chi connectivity index (χ0v) is 76.4. The number of nitrogens with one attached hydrogen (secondary N) is 3. The number of anilines is 3. The number of para-hydroxylation sites is 6. The van der Waals surface area contributed by atoms with Gasteiger partial charge in [0.25, 0.3) is 16.7 Å². The molecule has 31 heteroatoms. The zero-order valence-electron chi connectivity index (χ0n) is 72.8. The molecule has 15 rings (SSSR count). The number of alkyl halides is 1. The van der Waals surface area contributed by atoms with Crippen molar-refractivity contribution in [2.24, 2.45) is 5.73 Å². The maximum atomic E-state index is 14.0. The van der Waals surface area contributed by atoms with E-state index in [0.717, 1.165) is 77.7 Å². The topological polar surface area (TPSA) is 366 Å². The Balaban J connectivity index is 0.000000185. The summed E-state index contributed by atoms with van der Waals surface area (Å²) in [6, 6.07) is 29.6. The van der Waals surface area contributed by atoms with Crippen molar-refractivity contribution >= 4 is 96.3 Å². The largest absolute Gasteiger partial charge is 1.00 e. The number of hydrogen-bond acceptors (Lipinski definition) is 24. The number of ether oxygens (including phenoxy) is 3. The molecule has 3 aromatic heterocycles. The second kappa shape index (κ2) is 49.2. The van der Waals surface area contributed by atoms with E-state index in [9.17, 15) is 38.4 Å². The Hall–Kier alpha value is -6.97. The van der Waals surface area contributed by atoms with Gasteiger partial charge in [0.2, 0.25) is 0 Å². The van der Waals surface area contributed by atoms with Gasteiger partial charge in [-0.25, -0.2) is 15.0 Å². The van der Waals surface area contributed by atoms with Crippen LogP contribution in [-0.2, 0) is 38.2 Å². The van der Waals surface area contributed by atoms with Crippen molar-refractivity contribution < 1.29 is 83.4 Å². The standard InChI is InChI=1S/C33H49N5O5.C29H41N5O5.C25H37N5O.C4H7BrO2.Na.H2O/c1-3-42-30(39)22-36(23-31(40)43-4-2)19-18-34-32-33(41)38(29-15-11-10-14-28(29)35-32)27-20-25-16-17-26(21-27)37(25)24-12-8-6-5-7-9-13-24;35-26(36)18-32(19-27(37)38)15-14-30-28-29(39)34(25-11-7-6-10-24(25)31-28)23-16-21-12-13-22(17-23)33(21)20-8-4-2-1-3-5-9-20;26-14-15-27-24-25(31)30(23-11-7-6-10-22(23)28-24)21-16-19-12-13-20(17-21)29(19)18-8-4-2-1-3-5-9-18;1-2-7-4(6)3-5;;/h10-11,14-15,24-27H,3-9,12-13,16-23H2,1-2H3,(H,34,35);6-7,10-11,20-23H,1-5,8-9,12-19H2,(H,30,31)(H,35,36)(H,37,38);6-7,10-11,18-21H,1-5,8-9,12-17,26H2,(H,27,28);2-3H2,1H3;;1H2/q;;;;+1;/p-1/t25-,26+,27?;21-,22+,23?;19-,20+,21?;;;. The van der Waals surface area contributed by atoms with Crippen LogP contribution in [0.25, 0.3) is 33.1 Å². The Morgan fingerprint density at radius 1 is 0.393 bits per heavy atom. The molecule has 0 radical (unpaired) electrons. The van der Waals surface area contributed by atoms with Crippen molar-refractivity contribution in [2.45, 2.75) is 305 Å². The predicted molar refractivity (Wildman–Crippen MR) is 475 cm³/mol. The van der Waals surface area contributed by atoms with Crippen LogP contribution in [0.5, 0.6) is 0 Å². The van der Waals surface area contributed by atoms with E-state index in [1.807, 2.05) is 75.9 Å². The Kier molecular flexibility index (Phi) is 39.2. The van der Waals surface area contributed by atoms with E-state index in [2.05, 4.69) is 71.9 Å². The van der Waals surface area contributed by atoms with E-state index < -0.39 is 23.9 Å². The number of rotatable bonds is 29. The summed E-state index contributed by atoms with van der Waals surface area (Å²) in [6.07, 6.45) is 41.9. The first-order valence-electron chi connectivity index (χ1n) is 45.6. The fourth-order valence-electron chi connectivity index (χ4n) is 21.7. The number of aromatic nitrogens is 6. The number of piperidine rings is 3. The van der Waals surface area contributed by atoms with Crippen LogP contribution in [0.4, 0.5) is 17.5 Å². The number of fused-ring (bicyclic) bond motifs is 9. The maximum Gasteiger partial charge on any atom is 1.00 e. The average molecular weight is 1770 g/mol. The minimum atomic E-state index is -1.09. The molecule has 6 aliphatic heterocycles. The number of nitrogens with zero attached hydrogens (tertiary/aromatic N) is 11. The van der Waals surface area contributed by atoms with Crippen molar-refractivity contribution in [3.8, 4) is 0 Å². The van der Waals surface area contributed by atoms with Crippen LogP contribution in [0.1, 0.15) is 251 Å². The third kappa shape index (κ3) is 25.9. The van der Waals surface area contributed by atoms with Gasteiger partial charge in [-0.1, -0.05) is 149 Å². The van der Waals surface area contributed by atoms with Crippen LogP contribution in [-0.4, -0.2) is 244 Å². The molecule has 666 valence electrons. The third-order valence-electron chi connectivity index (χ3n) is 26.6. The number of carbonyl (C=O) groups is 5. The normalized spacial score (nSPS) is 23.5. The molecule has 3 saturated carbocycles. The van der Waals surface area contributed by atoms with Gasteiger partial charge < -0.3 is 65.3 Å². The monoisotopic (exact) mass is 1760 g/mol. The summed E-state index contributed by atoms with van der Waals surface area (Å²) in [5.74, 6) is -2.22. The van der Waals surface area contributed by atoms with Crippen molar-refractivity contribution in [3.05, 3.63) is 104 Å². The number of benzene rings is 3. The van der Waals surface area contributed by atoms with Crippen LogP contribution >= 0.6 is 15.9 Å².